The van der Waals surface area contributed by atoms with Gasteiger partial charge in [-0.05, 0) is 48.4 Å². The third kappa shape index (κ3) is 4.10. The fraction of sp³-hybridized carbons (Fsp3) is 0.222. The van der Waals surface area contributed by atoms with Crippen molar-refractivity contribution in [2.75, 3.05) is 37.3 Å². The molecule has 1 N–H and O–H groups in total. The van der Waals surface area contributed by atoms with E-state index >= 15 is 0 Å². The van der Waals surface area contributed by atoms with Crippen molar-refractivity contribution in [1.29, 1.82) is 0 Å². The normalized spacial score (nSPS) is 15.1. The summed E-state index contributed by atoms with van der Waals surface area (Å²) >= 11 is 0. The van der Waals surface area contributed by atoms with E-state index in [2.05, 4.69) is 68.4 Å². The number of nitrogens with one attached hydrogen (secondary N) is 1. The molecule has 0 radical (unpaired) electrons. The first-order chi connectivity index (χ1) is 17.4. The monoisotopic (exact) mass is 498 g/mol. The van der Waals surface area contributed by atoms with Gasteiger partial charge in [-0.3, -0.25) is 10.1 Å². The van der Waals surface area contributed by atoms with Crippen LogP contribution in [0.2, 0.25) is 0 Å². The molecular formula is C27H26N6O2S. The summed E-state index contributed by atoms with van der Waals surface area (Å²) in [5.41, 5.74) is 7.08. The van der Waals surface area contributed by atoms with Gasteiger partial charge in [0.05, 0.1) is 23.5 Å². The van der Waals surface area contributed by atoms with E-state index in [-0.39, 0.29) is 0 Å². The minimum absolute atomic E-state index is 0.465. The lowest BCUT2D eigenvalue weighted by atomic mass is 9.99. The summed E-state index contributed by atoms with van der Waals surface area (Å²) in [5, 5.41) is 9.87. The highest BCUT2D eigenvalue weighted by atomic mass is 32.2. The number of H-pyrrole nitrogens is 1. The van der Waals surface area contributed by atoms with Gasteiger partial charge >= 0.3 is 0 Å². The summed E-state index contributed by atoms with van der Waals surface area (Å²) in [5.74, 6) is 0.848. The fourth-order valence-corrected chi connectivity index (χ4v) is 5.73. The van der Waals surface area contributed by atoms with Crippen LogP contribution in [-0.2, 0) is 10.0 Å². The number of pyridine rings is 2. The number of fused-ring (bicyclic) bond motifs is 3. The molecule has 3 aromatic heterocycles. The number of sulfonamides is 1. The number of aromatic amines is 1. The molecular weight excluding hydrogens is 472 g/mol. The van der Waals surface area contributed by atoms with E-state index in [1.54, 1.807) is 0 Å². The van der Waals surface area contributed by atoms with Crippen molar-refractivity contribution < 1.29 is 8.42 Å². The molecule has 2 aromatic carbocycles. The topological polar surface area (TPSA) is 95.1 Å². The minimum Gasteiger partial charge on any atom is -0.354 e. The third-order valence-corrected chi connectivity index (χ3v) is 8.10. The first kappa shape index (κ1) is 22.6. The Morgan fingerprint density at radius 2 is 1.69 bits per heavy atom. The van der Waals surface area contributed by atoms with Gasteiger partial charge in [-0.15, -0.1) is 0 Å². The van der Waals surface area contributed by atoms with Gasteiger partial charge in [-0.25, -0.2) is 13.4 Å². The Hall–Kier alpha value is -3.82. The summed E-state index contributed by atoms with van der Waals surface area (Å²) in [4.78, 5) is 11.4. The van der Waals surface area contributed by atoms with Gasteiger partial charge in [0.2, 0.25) is 10.0 Å². The highest BCUT2D eigenvalue weighted by molar-refractivity contribution is 7.88. The summed E-state index contributed by atoms with van der Waals surface area (Å²) in [6.45, 7) is 4.23. The Morgan fingerprint density at radius 3 is 2.47 bits per heavy atom. The molecule has 182 valence electrons. The summed E-state index contributed by atoms with van der Waals surface area (Å²) in [6, 6.07) is 18.7. The highest BCUT2D eigenvalue weighted by Crippen LogP contribution is 2.34. The molecule has 36 heavy (non-hydrogen) atoms. The first-order valence-corrected chi connectivity index (χ1v) is 13.7. The van der Waals surface area contributed by atoms with Crippen LogP contribution in [0.3, 0.4) is 0 Å². The number of rotatable bonds is 4. The first-order valence-electron chi connectivity index (χ1n) is 11.9. The molecule has 1 fully saturated rings. The van der Waals surface area contributed by atoms with Crippen molar-refractivity contribution in [3.63, 3.8) is 0 Å². The number of aryl methyl sites for hydroxylation is 1. The van der Waals surface area contributed by atoms with Gasteiger partial charge in [0.15, 0.2) is 0 Å². The van der Waals surface area contributed by atoms with Crippen LogP contribution in [0.25, 0.3) is 44.2 Å². The van der Waals surface area contributed by atoms with Crippen LogP contribution in [0.5, 0.6) is 0 Å². The molecule has 0 unspecified atom stereocenters. The Labute approximate surface area is 209 Å². The van der Waals surface area contributed by atoms with E-state index in [4.69, 9.17) is 0 Å². The number of anilines is 1. The predicted octanol–water partition coefficient (Wildman–Crippen LogP) is 4.23. The smallest absolute Gasteiger partial charge is 0.211 e. The number of aromatic nitrogens is 4. The molecule has 5 aromatic rings. The van der Waals surface area contributed by atoms with Crippen molar-refractivity contribution in [3.8, 4) is 22.4 Å². The predicted molar refractivity (Wildman–Crippen MR) is 143 cm³/mol. The Kier molecular flexibility index (Phi) is 5.46. The van der Waals surface area contributed by atoms with E-state index in [9.17, 15) is 8.42 Å². The van der Waals surface area contributed by atoms with Gasteiger partial charge in [0.1, 0.15) is 11.5 Å². The van der Waals surface area contributed by atoms with Crippen LogP contribution in [0.4, 0.5) is 5.82 Å². The van der Waals surface area contributed by atoms with Crippen molar-refractivity contribution in [1.82, 2.24) is 24.5 Å². The molecule has 0 saturated carbocycles. The number of hydrogen-bond acceptors (Lipinski definition) is 6. The van der Waals surface area contributed by atoms with Crippen molar-refractivity contribution in [3.05, 3.63) is 72.6 Å². The molecule has 6 rings (SSSR count). The molecule has 8 nitrogen and oxygen atoms in total. The van der Waals surface area contributed by atoms with Gasteiger partial charge in [0, 0.05) is 48.7 Å². The molecule has 4 heterocycles. The quantitative estimate of drug-likeness (QED) is 0.399. The molecule has 1 aliphatic rings. The van der Waals surface area contributed by atoms with Crippen LogP contribution in [-0.4, -0.2) is 65.3 Å². The fourth-order valence-electron chi connectivity index (χ4n) is 4.91. The Balaban J connectivity index is 1.39. The van der Waals surface area contributed by atoms with Crippen LogP contribution in [0.1, 0.15) is 5.56 Å². The lowest BCUT2D eigenvalue weighted by Gasteiger charge is -2.34. The lowest BCUT2D eigenvalue weighted by Crippen LogP contribution is -2.48. The molecule has 0 spiro atoms. The Bertz CT molecular complexity index is 1700. The molecule has 0 amide bonds. The molecule has 0 atom stereocenters. The molecule has 9 heteroatoms. The van der Waals surface area contributed by atoms with Gasteiger partial charge in [0.25, 0.3) is 0 Å². The second-order valence-electron chi connectivity index (χ2n) is 9.27. The minimum atomic E-state index is -3.17. The third-order valence-electron chi connectivity index (χ3n) is 6.79. The standard InChI is InChI=1S/C27H26N6O2S/c1-18-4-3-5-21(14-18)27-26-22-15-19(6-7-23(22)29-17-24(26)30-31-27)20-8-9-28-25(16-20)32-10-12-33(13-11-32)36(2,34)35/h3-9,14-17H,10-13H2,1-2H3,(H,30,31). The van der Waals surface area contributed by atoms with Crippen molar-refractivity contribution >= 4 is 37.6 Å². The lowest BCUT2D eigenvalue weighted by molar-refractivity contribution is 0.387. The van der Waals surface area contributed by atoms with Gasteiger partial charge in [-0.2, -0.15) is 9.40 Å². The van der Waals surface area contributed by atoms with Crippen LogP contribution >= 0.6 is 0 Å². The second kappa shape index (κ2) is 8.69. The zero-order chi connectivity index (χ0) is 24.9. The van der Waals surface area contributed by atoms with Crippen molar-refractivity contribution in [2.45, 2.75) is 6.92 Å². The zero-order valence-corrected chi connectivity index (χ0v) is 21.0. The van der Waals surface area contributed by atoms with Crippen molar-refractivity contribution in [2.24, 2.45) is 0 Å². The second-order valence-corrected chi connectivity index (χ2v) is 11.3. The van der Waals surface area contributed by atoms with Gasteiger partial charge in [-0.1, -0.05) is 29.8 Å². The highest BCUT2D eigenvalue weighted by Gasteiger charge is 2.24. The maximum Gasteiger partial charge on any atom is 0.211 e. The van der Waals surface area contributed by atoms with Crippen LogP contribution in [0, 0.1) is 6.92 Å². The SMILES string of the molecule is Cc1cccc(-c2n[nH]c3cnc4ccc(-c5ccnc(N6CCN(S(C)(=O)=O)CC6)c5)cc4c23)c1. The number of nitrogens with zero attached hydrogens (tertiary/aromatic N) is 5. The van der Waals surface area contributed by atoms with Gasteiger partial charge < -0.3 is 4.90 Å². The van der Waals surface area contributed by atoms with Crippen LogP contribution < -0.4 is 4.90 Å². The summed E-state index contributed by atoms with van der Waals surface area (Å²) in [6.07, 6.45) is 4.91. The summed E-state index contributed by atoms with van der Waals surface area (Å²) in [7, 11) is -3.17. The van der Waals surface area contributed by atoms with E-state index in [0.717, 1.165) is 50.0 Å². The zero-order valence-electron chi connectivity index (χ0n) is 20.1. The van der Waals surface area contributed by atoms with E-state index in [0.29, 0.717) is 26.2 Å². The maximum atomic E-state index is 11.9. The Morgan fingerprint density at radius 1 is 0.889 bits per heavy atom. The molecule has 0 bridgehead atoms. The molecule has 0 aliphatic carbocycles. The molecule has 1 saturated heterocycles. The largest absolute Gasteiger partial charge is 0.354 e. The van der Waals surface area contributed by atoms with E-state index in [1.165, 1.54) is 16.1 Å². The number of hydrogen-bond donors (Lipinski definition) is 1. The van der Waals surface area contributed by atoms with E-state index < -0.39 is 10.0 Å². The average molecular weight is 499 g/mol. The molecule has 1 aliphatic heterocycles. The average Bonchev–Trinajstić information content (AvgIpc) is 3.33. The maximum absolute atomic E-state index is 11.9. The van der Waals surface area contributed by atoms with E-state index in [1.807, 2.05) is 30.6 Å². The van der Waals surface area contributed by atoms with Crippen LogP contribution in [0.15, 0.2) is 67.0 Å². The number of piperazine rings is 1. The number of benzene rings is 2. The summed E-state index contributed by atoms with van der Waals surface area (Å²) < 4.78 is 25.2.